The van der Waals surface area contributed by atoms with E-state index >= 15 is 0 Å². The normalized spacial score (nSPS) is 15.6. The van der Waals surface area contributed by atoms with Gasteiger partial charge in [-0.2, -0.15) is 0 Å². The van der Waals surface area contributed by atoms with Gasteiger partial charge in [-0.1, -0.05) is 47.1 Å². The molecule has 0 amide bonds. The van der Waals surface area contributed by atoms with E-state index in [2.05, 4.69) is 58.1 Å². The maximum absolute atomic E-state index is 2.19. The second-order valence-electron chi connectivity index (χ2n) is 3.31. The number of hydrogen-bond donors (Lipinski definition) is 0. The number of rotatable bonds is 3. The van der Waals surface area contributed by atoms with Crippen molar-refractivity contribution >= 4 is 0 Å². The highest BCUT2D eigenvalue weighted by molar-refractivity contribution is 5.32. The second kappa shape index (κ2) is 6.47. The minimum absolute atomic E-state index is 1.29. The zero-order valence-corrected chi connectivity index (χ0v) is 9.39. The smallest absolute Gasteiger partial charge is 0.0398 e. The quantitative estimate of drug-likeness (QED) is 0.558. The van der Waals surface area contributed by atoms with E-state index in [0.29, 0.717) is 0 Å². The summed E-state index contributed by atoms with van der Waals surface area (Å²) in [6.07, 6.45) is 10.7. The van der Waals surface area contributed by atoms with Crippen LogP contribution in [0.15, 0.2) is 47.1 Å². The molecule has 0 aromatic rings. The molecule has 13 heavy (non-hydrogen) atoms. The molecule has 0 aliphatic heterocycles. The average Bonchev–Trinajstić information content (AvgIpc) is 2.04. The summed E-state index contributed by atoms with van der Waals surface area (Å²) in [5, 5.41) is 0. The minimum atomic E-state index is 1.29. The Labute approximate surface area is 82.4 Å². The van der Waals surface area contributed by atoms with Crippen LogP contribution in [0.2, 0.25) is 0 Å². The van der Waals surface area contributed by atoms with Gasteiger partial charge in [0.25, 0.3) is 0 Å². The lowest BCUT2D eigenvalue weighted by atomic mass is 10.1. The Hall–Kier alpha value is -1.04. The summed E-state index contributed by atoms with van der Waals surface area (Å²) >= 11 is 0. The summed E-state index contributed by atoms with van der Waals surface area (Å²) in [6.45, 7) is 10.4. The van der Waals surface area contributed by atoms with Gasteiger partial charge in [0.2, 0.25) is 0 Å². The van der Waals surface area contributed by atoms with E-state index in [0.717, 1.165) is 0 Å². The van der Waals surface area contributed by atoms with Gasteiger partial charge >= 0.3 is 0 Å². The molecule has 0 fully saturated rings. The monoisotopic (exact) mass is 176 g/mol. The molecule has 0 aliphatic carbocycles. The van der Waals surface area contributed by atoms with Gasteiger partial charge in [-0.3, -0.25) is 0 Å². The third kappa shape index (κ3) is 6.15. The third-order valence-electron chi connectivity index (χ3n) is 1.80. The summed E-state index contributed by atoms with van der Waals surface area (Å²) in [7, 11) is 0. The van der Waals surface area contributed by atoms with Gasteiger partial charge in [0.05, 0.1) is 0 Å². The minimum Gasteiger partial charge on any atom is -0.0874 e. The molecule has 0 saturated carbocycles. The fraction of sp³-hybridized carbons (Fsp3) is 0.385. The average molecular weight is 176 g/mol. The maximum atomic E-state index is 2.19. The predicted octanol–water partition coefficient (Wildman–Crippen LogP) is 4.42. The van der Waals surface area contributed by atoms with Crippen LogP contribution in [0, 0.1) is 0 Å². The second-order valence-corrected chi connectivity index (χ2v) is 3.31. The Bertz CT molecular complexity index is 260. The van der Waals surface area contributed by atoms with Crippen LogP contribution >= 0.6 is 0 Å². The fourth-order valence-electron chi connectivity index (χ4n) is 1.15. The van der Waals surface area contributed by atoms with Gasteiger partial charge < -0.3 is 0 Å². The van der Waals surface area contributed by atoms with Crippen LogP contribution in [-0.2, 0) is 0 Å². The van der Waals surface area contributed by atoms with E-state index in [9.17, 15) is 0 Å². The molecule has 0 aromatic carbocycles. The van der Waals surface area contributed by atoms with Crippen LogP contribution in [0.5, 0.6) is 0 Å². The largest absolute Gasteiger partial charge is 0.0874 e. The highest BCUT2D eigenvalue weighted by atomic mass is 13.9. The highest BCUT2D eigenvalue weighted by Gasteiger charge is 1.85. The van der Waals surface area contributed by atoms with Crippen LogP contribution in [0.4, 0.5) is 0 Å². The van der Waals surface area contributed by atoms with Crippen molar-refractivity contribution in [3.8, 4) is 0 Å². The van der Waals surface area contributed by atoms with E-state index in [1.54, 1.807) is 0 Å². The summed E-state index contributed by atoms with van der Waals surface area (Å²) in [6, 6.07) is 0. The Balaban J connectivity index is 4.53. The summed E-state index contributed by atoms with van der Waals surface area (Å²) in [5.74, 6) is 0. The van der Waals surface area contributed by atoms with Crippen LogP contribution < -0.4 is 0 Å². The Morgan fingerprint density at radius 2 is 1.31 bits per heavy atom. The van der Waals surface area contributed by atoms with E-state index < -0.39 is 0 Å². The zero-order valence-electron chi connectivity index (χ0n) is 9.39. The molecule has 0 heteroatoms. The molecule has 0 radical (unpaired) electrons. The molecule has 0 heterocycles. The van der Waals surface area contributed by atoms with Crippen LogP contribution in [0.25, 0.3) is 0 Å². The molecule has 0 atom stereocenters. The molecule has 0 saturated heterocycles. The Kier molecular flexibility index (Phi) is 5.96. The van der Waals surface area contributed by atoms with Crippen molar-refractivity contribution < 1.29 is 0 Å². The fourth-order valence-corrected chi connectivity index (χ4v) is 1.15. The van der Waals surface area contributed by atoms with Gasteiger partial charge in [-0.15, -0.1) is 0 Å². The first kappa shape index (κ1) is 12.0. The Morgan fingerprint density at radius 1 is 0.769 bits per heavy atom. The molecule has 0 rings (SSSR count). The molecular formula is C13H20. The molecule has 0 bridgehead atoms. The first-order valence-corrected chi connectivity index (χ1v) is 4.72. The van der Waals surface area contributed by atoms with Gasteiger partial charge in [-0.05, 0) is 34.6 Å². The molecule has 0 N–H and O–H groups in total. The van der Waals surface area contributed by atoms with Gasteiger partial charge in [-0.25, -0.2) is 0 Å². The first-order valence-electron chi connectivity index (χ1n) is 4.72. The van der Waals surface area contributed by atoms with Crippen molar-refractivity contribution in [2.75, 3.05) is 0 Å². The van der Waals surface area contributed by atoms with Crippen LogP contribution in [-0.4, -0.2) is 0 Å². The molecule has 0 aliphatic rings. The SMILES string of the molecule is C/C=C/C(C)=C\C(C)=C\C(C)=C\C. The maximum Gasteiger partial charge on any atom is -0.0398 e. The topological polar surface area (TPSA) is 0 Å². The lowest BCUT2D eigenvalue weighted by molar-refractivity contribution is 1.38. The van der Waals surface area contributed by atoms with E-state index in [1.807, 2.05) is 6.92 Å². The summed E-state index contributed by atoms with van der Waals surface area (Å²) in [5.41, 5.74) is 3.90. The Morgan fingerprint density at radius 3 is 1.77 bits per heavy atom. The summed E-state index contributed by atoms with van der Waals surface area (Å²) < 4.78 is 0. The van der Waals surface area contributed by atoms with Crippen molar-refractivity contribution in [1.82, 2.24) is 0 Å². The van der Waals surface area contributed by atoms with E-state index in [-0.39, 0.29) is 0 Å². The van der Waals surface area contributed by atoms with Crippen molar-refractivity contribution in [3.05, 3.63) is 47.1 Å². The van der Waals surface area contributed by atoms with Gasteiger partial charge in [0.1, 0.15) is 0 Å². The highest BCUT2D eigenvalue weighted by Crippen LogP contribution is 2.06. The van der Waals surface area contributed by atoms with E-state index in [4.69, 9.17) is 0 Å². The van der Waals surface area contributed by atoms with Crippen molar-refractivity contribution in [2.24, 2.45) is 0 Å². The van der Waals surface area contributed by atoms with E-state index in [1.165, 1.54) is 16.7 Å². The number of hydrogen-bond acceptors (Lipinski definition) is 0. The molecule has 0 nitrogen and oxygen atoms in total. The molecule has 72 valence electrons. The van der Waals surface area contributed by atoms with Crippen LogP contribution in [0.1, 0.15) is 34.6 Å². The third-order valence-corrected chi connectivity index (χ3v) is 1.80. The zero-order chi connectivity index (χ0) is 10.3. The molecule has 0 spiro atoms. The lowest BCUT2D eigenvalue weighted by Crippen LogP contribution is -1.75. The van der Waals surface area contributed by atoms with Crippen molar-refractivity contribution in [2.45, 2.75) is 34.6 Å². The molecule has 0 unspecified atom stereocenters. The number of allylic oxidation sites excluding steroid dienone is 8. The van der Waals surface area contributed by atoms with Crippen molar-refractivity contribution in [3.63, 3.8) is 0 Å². The standard InChI is InChI=1S/C13H20/c1-6-8-12(4)10-13(5)9-11(3)7-2/h6-10H,1-5H3/b8-6+,11-7+,12-10-,13-9+. The molecule has 0 aromatic heterocycles. The summed E-state index contributed by atoms with van der Waals surface area (Å²) in [4.78, 5) is 0. The molecular weight excluding hydrogens is 156 g/mol. The predicted molar refractivity (Wildman–Crippen MR) is 61.8 cm³/mol. The van der Waals surface area contributed by atoms with Crippen LogP contribution in [0.3, 0.4) is 0 Å². The van der Waals surface area contributed by atoms with Gasteiger partial charge in [0.15, 0.2) is 0 Å². The van der Waals surface area contributed by atoms with Crippen molar-refractivity contribution in [1.29, 1.82) is 0 Å². The first-order chi connectivity index (χ1) is 6.10. The van der Waals surface area contributed by atoms with Gasteiger partial charge in [0, 0.05) is 0 Å². The lowest BCUT2D eigenvalue weighted by Gasteiger charge is -1.95.